The van der Waals surface area contributed by atoms with Crippen molar-refractivity contribution in [3.63, 3.8) is 0 Å². The number of hydrogen-bond acceptors (Lipinski definition) is 3. The fraction of sp³-hybridized carbons (Fsp3) is 0.636. The van der Waals surface area contributed by atoms with Crippen LogP contribution in [0.15, 0.2) is 22.8 Å². The lowest BCUT2D eigenvalue weighted by Crippen LogP contribution is -2.30. The molecule has 0 bridgehead atoms. The lowest BCUT2D eigenvalue weighted by molar-refractivity contribution is 0.289. The topological polar surface area (TPSA) is 42.4 Å². The van der Waals surface area contributed by atoms with Gasteiger partial charge in [0.15, 0.2) is 0 Å². The number of likely N-dealkylation sites (N-methyl/N-ethyl adjacent to an activating group) is 1. The highest BCUT2D eigenvalue weighted by Crippen LogP contribution is 2.04. The Morgan fingerprint density at radius 3 is 2.86 bits per heavy atom. The number of nitrogens with two attached hydrogens (primary N) is 1. The van der Waals surface area contributed by atoms with E-state index >= 15 is 0 Å². The summed E-state index contributed by atoms with van der Waals surface area (Å²) in [6.07, 6.45) is 3.89. The molecule has 0 aromatic carbocycles. The molecule has 0 fully saturated rings. The molecule has 0 spiro atoms. The van der Waals surface area contributed by atoms with Crippen molar-refractivity contribution in [2.75, 3.05) is 26.2 Å². The minimum Gasteiger partial charge on any atom is -0.469 e. The van der Waals surface area contributed by atoms with E-state index in [1.807, 2.05) is 12.1 Å². The van der Waals surface area contributed by atoms with E-state index in [1.165, 1.54) is 0 Å². The molecule has 0 aliphatic carbocycles. The Hall–Kier alpha value is -0.800. The van der Waals surface area contributed by atoms with Gasteiger partial charge in [0.1, 0.15) is 5.76 Å². The lowest BCUT2D eigenvalue weighted by Gasteiger charge is -2.18. The number of furan rings is 1. The van der Waals surface area contributed by atoms with Crippen LogP contribution in [-0.4, -0.2) is 31.1 Å². The van der Waals surface area contributed by atoms with Gasteiger partial charge in [0.05, 0.1) is 6.26 Å². The molecular weight excluding hydrogens is 176 g/mol. The van der Waals surface area contributed by atoms with E-state index in [2.05, 4.69) is 11.8 Å². The second-order valence-corrected chi connectivity index (χ2v) is 3.41. The largest absolute Gasteiger partial charge is 0.469 e. The minimum absolute atomic E-state index is 0.745. The molecule has 0 unspecified atom stereocenters. The van der Waals surface area contributed by atoms with E-state index in [-0.39, 0.29) is 0 Å². The predicted molar refractivity (Wildman–Crippen MR) is 58.2 cm³/mol. The Bertz CT molecular complexity index is 221. The molecule has 1 rings (SSSR count). The molecule has 0 aliphatic heterocycles. The van der Waals surface area contributed by atoms with Crippen LogP contribution < -0.4 is 5.73 Å². The Balaban J connectivity index is 2.13. The first-order valence-electron chi connectivity index (χ1n) is 5.31. The van der Waals surface area contributed by atoms with E-state index in [1.54, 1.807) is 6.26 Å². The van der Waals surface area contributed by atoms with Gasteiger partial charge in [0, 0.05) is 19.5 Å². The maximum absolute atomic E-state index is 5.51. The third kappa shape index (κ3) is 3.94. The quantitative estimate of drug-likeness (QED) is 0.718. The zero-order chi connectivity index (χ0) is 10.2. The fourth-order valence-corrected chi connectivity index (χ4v) is 1.54. The van der Waals surface area contributed by atoms with E-state index < -0.39 is 0 Å². The van der Waals surface area contributed by atoms with Crippen molar-refractivity contribution in [3.05, 3.63) is 24.2 Å². The van der Waals surface area contributed by atoms with Gasteiger partial charge in [0.2, 0.25) is 0 Å². The van der Waals surface area contributed by atoms with Crippen LogP contribution >= 0.6 is 0 Å². The Morgan fingerprint density at radius 2 is 2.29 bits per heavy atom. The standard InChI is InChI=1S/C11H20N2O/c1-2-13(9-7-12)8-3-5-11-6-4-10-14-11/h4,6,10H,2-3,5,7-9,12H2,1H3. The van der Waals surface area contributed by atoms with E-state index in [0.717, 1.165) is 44.8 Å². The summed E-state index contributed by atoms with van der Waals surface area (Å²) in [7, 11) is 0. The van der Waals surface area contributed by atoms with Gasteiger partial charge >= 0.3 is 0 Å². The molecule has 0 amide bonds. The summed E-state index contributed by atoms with van der Waals surface area (Å²) < 4.78 is 5.27. The summed E-state index contributed by atoms with van der Waals surface area (Å²) in [4.78, 5) is 2.36. The van der Waals surface area contributed by atoms with Gasteiger partial charge in [-0.2, -0.15) is 0 Å². The molecule has 3 nitrogen and oxygen atoms in total. The monoisotopic (exact) mass is 196 g/mol. The van der Waals surface area contributed by atoms with Gasteiger partial charge in [0.25, 0.3) is 0 Å². The fourth-order valence-electron chi connectivity index (χ4n) is 1.54. The van der Waals surface area contributed by atoms with E-state index in [0.29, 0.717) is 0 Å². The molecule has 3 heteroatoms. The van der Waals surface area contributed by atoms with Crippen molar-refractivity contribution in [3.8, 4) is 0 Å². The summed E-state index contributed by atoms with van der Waals surface area (Å²) in [6, 6.07) is 3.96. The van der Waals surface area contributed by atoms with E-state index in [4.69, 9.17) is 10.2 Å². The van der Waals surface area contributed by atoms with Gasteiger partial charge in [-0.3, -0.25) is 0 Å². The number of rotatable bonds is 7. The number of aryl methyl sites for hydroxylation is 1. The number of nitrogens with zero attached hydrogens (tertiary/aromatic N) is 1. The van der Waals surface area contributed by atoms with Gasteiger partial charge in [-0.15, -0.1) is 0 Å². The SMILES string of the molecule is CCN(CCN)CCCc1ccco1. The second kappa shape index (κ2) is 6.62. The van der Waals surface area contributed by atoms with Crippen LogP contribution in [0.4, 0.5) is 0 Å². The third-order valence-corrected chi connectivity index (χ3v) is 2.37. The molecule has 0 atom stereocenters. The molecule has 0 aliphatic rings. The Labute approximate surface area is 85.9 Å². The Kier molecular flexibility index (Phi) is 5.33. The van der Waals surface area contributed by atoms with Crippen LogP contribution in [0.1, 0.15) is 19.1 Å². The van der Waals surface area contributed by atoms with Crippen LogP contribution in [0.3, 0.4) is 0 Å². The normalized spacial score (nSPS) is 11.1. The van der Waals surface area contributed by atoms with Gasteiger partial charge in [-0.05, 0) is 31.6 Å². The molecule has 2 N–H and O–H groups in total. The van der Waals surface area contributed by atoms with Crippen molar-refractivity contribution in [1.82, 2.24) is 4.90 Å². The van der Waals surface area contributed by atoms with Crippen LogP contribution in [0.5, 0.6) is 0 Å². The molecule has 14 heavy (non-hydrogen) atoms. The molecule has 0 saturated heterocycles. The van der Waals surface area contributed by atoms with E-state index in [9.17, 15) is 0 Å². The van der Waals surface area contributed by atoms with Crippen LogP contribution in [0, 0.1) is 0 Å². The van der Waals surface area contributed by atoms with Gasteiger partial charge in [-0.1, -0.05) is 6.92 Å². The van der Waals surface area contributed by atoms with Gasteiger partial charge < -0.3 is 15.1 Å². The summed E-state index contributed by atoms with van der Waals surface area (Å²) in [6.45, 7) is 6.09. The van der Waals surface area contributed by atoms with Crippen molar-refractivity contribution in [2.45, 2.75) is 19.8 Å². The van der Waals surface area contributed by atoms with Crippen LogP contribution in [-0.2, 0) is 6.42 Å². The molecule has 80 valence electrons. The third-order valence-electron chi connectivity index (χ3n) is 2.37. The molecule has 0 radical (unpaired) electrons. The van der Waals surface area contributed by atoms with Crippen LogP contribution in [0.2, 0.25) is 0 Å². The molecular formula is C11H20N2O. The molecule has 1 aromatic rings. The average Bonchev–Trinajstić information content (AvgIpc) is 2.69. The molecule has 1 heterocycles. The highest BCUT2D eigenvalue weighted by molar-refractivity contribution is 4.97. The zero-order valence-corrected chi connectivity index (χ0v) is 8.91. The Morgan fingerprint density at radius 1 is 1.43 bits per heavy atom. The van der Waals surface area contributed by atoms with Crippen LogP contribution in [0.25, 0.3) is 0 Å². The lowest BCUT2D eigenvalue weighted by atomic mass is 10.2. The summed E-state index contributed by atoms with van der Waals surface area (Å²) in [5.41, 5.74) is 5.51. The zero-order valence-electron chi connectivity index (χ0n) is 8.91. The minimum atomic E-state index is 0.745. The second-order valence-electron chi connectivity index (χ2n) is 3.41. The number of hydrogen-bond donors (Lipinski definition) is 1. The maximum Gasteiger partial charge on any atom is 0.103 e. The first-order chi connectivity index (χ1) is 6.86. The van der Waals surface area contributed by atoms with Crippen molar-refractivity contribution in [2.24, 2.45) is 5.73 Å². The average molecular weight is 196 g/mol. The first kappa shape index (κ1) is 11.3. The predicted octanol–water partition coefficient (Wildman–Crippen LogP) is 1.49. The highest BCUT2D eigenvalue weighted by atomic mass is 16.3. The van der Waals surface area contributed by atoms with Gasteiger partial charge in [-0.25, -0.2) is 0 Å². The smallest absolute Gasteiger partial charge is 0.103 e. The molecule has 1 aromatic heterocycles. The highest BCUT2D eigenvalue weighted by Gasteiger charge is 2.01. The first-order valence-corrected chi connectivity index (χ1v) is 5.31. The maximum atomic E-state index is 5.51. The summed E-state index contributed by atoms with van der Waals surface area (Å²) >= 11 is 0. The van der Waals surface area contributed by atoms with Crippen molar-refractivity contribution >= 4 is 0 Å². The van der Waals surface area contributed by atoms with Crippen molar-refractivity contribution < 1.29 is 4.42 Å². The summed E-state index contributed by atoms with van der Waals surface area (Å²) in [5, 5.41) is 0. The molecule has 0 saturated carbocycles. The van der Waals surface area contributed by atoms with Crippen molar-refractivity contribution in [1.29, 1.82) is 0 Å². The summed E-state index contributed by atoms with van der Waals surface area (Å²) in [5.74, 6) is 1.08.